The fraction of sp³-hybridized carbons (Fsp3) is 0.421. The highest BCUT2D eigenvalue weighted by atomic mass is 79.9. The van der Waals surface area contributed by atoms with Crippen molar-refractivity contribution in [1.82, 2.24) is 10.3 Å². The van der Waals surface area contributed by atoms with Gasteiger partial charge in [0, 0.05) is 34.1 Å². The Bertz CT molecular complexity index is 958. The molecular weight excluding hydrogens is 414 g/mol. The Labute approximate surface area is 165 Å². The zero-order chi connectivity index (χ0) is 19.2. The molecule has 2 aromatic rings. The second-order valence-corrected chi connectivity index (χ2v) is 7.92. The van der Waals surface area contributed by atoms with Gasteiger partial charge in [-0.1, -0.05) is 5.16 Å². The van der Waals surface area contributed by atoms with Gasteiger partial charge in [-0.25, -0.2) is 0 Å². The average molecular weight is 434 g/mol. The Morgan fingerprint density at radius 3 is 2.70 bits per heavy atom. The average Bonchev–Trinajstić information content (AvgIpc) is 3.38. The fourth-order valence-corrected chi connectivity index (χ4v) is 3.53. The lowest BCUT2D eigenvalue weighted by Gasteiger charge is -2.20. The smallest absolute Gasteiger partial charge is 0.267 e. The Kier molecular flexibility index (Phi) is 4.46. The van der Waals surface area contributed by atoms with Crippen LogP contribution in [0, 0.1) is 0 Å². The first kappa shape index (κ1) is 18.0. The van der Waals surface area contributed by atoms with E-state index in [1.165, 1.54) is 0 Å². The minimum atomic E-state index is -1.03. The molecule has 0 bridgehead atoms. The normalized spacial score (nSPS) is 21.6. The molecule has 1 saturated carbocycles. The van der Waals surface area contributed by atoms with Gasteiger partial charge in [0.2, 0.25) is 5.60 Å². The zero-order valence-corrected chi connectivity index (χ0v) is 16.9. The topological polar surface area (TPSA) is 82.0 Å². The van der Waals surface area contributed by atoms with Gasteiger partial charge >= 0.3 is 0 Å². The zero-order valence-electron chi connectivity index (χ0n) is 15.3. The highest BCUT2D eigenvalue weighted by Gasteiger charge is 2.44. The quantitative estimate of drug-likeness (QED) is 0.782. The molecule has 1 aromatic heterocycles. The first-order chi connectivity index (χ1) is 12.9. The summed E-state index contributed by atoms with van der Waals surface area (Å²) < 4.78 is 12.0. The van der Waals surface area contributed by atoms with E-state index in [1.54, 1.807) is 27.3 Å². The Balaban J connectivity index is 1.73. The van der Waals surface area contributed by atoms with Crippen molar-refractivity contribution in [3.05, 3.63) is 28.4 Å². The molecule has 2 aliphatic rings. The van der Waals surface area contributed by atoms with E-state index in [2.05, 4.69) is 31.4 Å². The van der Waals surface area contributed by atoms with Crippen LogP contribution < -0.4 is 14.8 Å². The summed E-state index contributed by atoms with van der Waals surface area (Å²) in [5, 5.41) is 8.07. The number of nitrogens with zero attached hydrogens (tertiary/aromatic N) is 2. The molecule has 1 fully saturated rings. The fourth-order valence-electron chi connectivity index (χ4n) is 3.18. The molecule has 0 radical (unpaired) electrons. The van der Waals surface area contributed by atoms with Crippen molar-refractivity contribution in [3.8, 4) is 11.5 Å². The van der Waals surface area contributed by atoms with Crippen LogP contribution in [0.4, 0.5) is 0 Å². The number of halogens is 1. The highest BCUT2D eigenvalue weighted by molar-refractivity contribution is 9.10. The molecule has 1 atom stereocenters. The lowest BCUT2D eigenvalue weighted by molar-refractivity contribution is -0.141. The first-order valence-corrected chi connectivity index (χ1v) is 9.51. The number of nitrogens with one attached hydrogen (secondary N) is 1. The van der Waals surface area contributed by atoms with Gasteiger partial charge in [0.25, 0.3) is 5.91 Å². The minimum absolute atomic E-state index is 0.139. The molecule has 1 aromatic carbocycles. The molecule has 1 aliphatic carbocycles. The van der Waals surface area contributed by atoms with Crippen LogP contribution >= 0.6 is 15.9 Å². The van der Waals surface area contributed by atoms with Gasteiger partial charge in [0.15, 0.2) is 11.5 Å². The van der Waals surface area contributed by atoms with Gasteiger partial charge in [-0.3, -0.25) is 9.78 Å². The number of oxime groups is 1. The predicted octanol–water partition coefficient (Wildman–Crippen LogP) is 3.18. The van der Waals surface area contributed by atoms with Crippen LogP contribution in [0.25, 0.3) is 10.9 Å². The van der Waals surface area contributed by atoms with Crippen molar-refractivity contribution in [2.24, 2.45) is 5.16 Å². The summed E-state index contributed by atoms with van der Waals surface area (Å²) in [7, 11) is 3.15. The SMILES string of the molecule is COc1c(C2=NOC(C)(C(=O)NC3CC3)C2)cc2cc(Br)cnc2c1OC. The van der Waals surface area contributed by atoms with Crippen molar-refractivity contribution in [3.63, 3.8) is 0 Å². The summed E-state index contributed by atoms with van der Waals surface area (Å²) in [6.07, 6.45) is 4.09. The van der Waals surface area contributed by atoms with Gasteiger partial charge < -0.3 is 19.6 Å². The molecule has 1 unspecified atom stereocenters. The van der Waals surface area contributed by atoms with Crippen LogP contribution in [-0.4, -0.2) is 42.5 Å². The van der Waals surface area contributed by atoms with E-state index in [4.69, 9.17) is 14.3 Å². The van der Waals surface area contributed by atoms with Crippen molar-refractivity contribution < 1.29 is 19.1 Å². The van der Waals surface area contributed by atoms with E-state index in [0.29, 0.717) is 29.1 Å². The van der Waals surface area contributed by atoms with Crippen molar-refractivity contribution in [2.75, 3.05) is 14.2 Å². The van der Waals surface area contributed by atoms with E-state index in [-0.39, 0.29) is 11.9 Å². The van der Waals surface area contributed by atoms with Crippen LogP contribution in [0.15, 0.2) is 28.0 Å². The van der Waals surface area contributed by atoms with Gasteiger partial charge in [-0.2, -0.15) is 0 Å². The molecule has 0 saturated heterocycles. The molecule has 8 heteroatoms. The second kappa shape index (κ2) is 6.67. The number of methoxy groups -OCH3 is 2. The molecule has 7 nitrogen and oxygen atoms in total. The Morgan fingerprint density at radius 1 is 1.30 bits per heavy atom. The lowest BCUT2D eigenvalue weighted by Crippen LogP contribution is -2.45. The van der Waals surface area contributed by atoms with Crippen LogP contribution in [0.2, 0.25) is 0 Å². The summed E-state index contributed by atoms with van der Waals surface area (Å²) in [6, 6.07) is 4.14. The van der Waals surface area contributed by atoms with E-state index in [0.717, 1.165) is 28.3 Å². The maximum absolute atomic E-state index is 12.5. The Morgan fingerprint density at radius 2 is 2.04 bits per heavy atom. The standard InChI is InChI=1S/C19H20BrN3O4/c1-19(18(24)22-12-4-5-12)8-14(23-27-19)13-7-10-6-11(20)9-21-15(10)17(26-3)16(13)25-2/h6-7,9,12H,4-5,8H2,1-3H3,(H,22,24). The number of carbonyl (C=O) groups is 1. The van der Waals surface area contributed by atoms with Crippen molar-refractivity contribution in [2.45, 2.75) is 37.8 Å². The Hall–Kier alpha value is -2.35. The largest absolute Gasteiger partial charge is 0.492 e. The second-order valence-electron chi connectivity index (χ2n) is 7.00. The lowest BCUT2D eigenvalue weighted by atomic mass is 9.93. The number of ether oxygens (including phenoxy) is 2. The number of benzene rings is 1. The van der Waals surface area contributed by atoms with Gasteiger partial charge in [0.05, 0.1) is 19.9 Å². The summed E-state index contributed by atoms with van der Waals surface area (Å²) in [4.78, 5) is 22.5. The minimum Gasteiger partial charge on any atom is -0.492 e. The van der Waals surface area contributed by atoms with E-state index < -0.39 is 5.60 Å². The summed E-state index contributed by atoms with van der Waals surface area (Å²) in [6.45, 7) is 1.75. The maximum Gasteiger partial charge on any atom is 0.267 e. The number of hydrogen-bond acceptors (Lipinski definition) is 6. The number of hydrogen-bond donors (Lipinski definition) is 1. The predicted molar refractivity (Wildman–Crippen MR) is 104 cm³/mol. The molecule has 27 heavy (non-hydrogen) atoms. The van der Waals surface area contributed by atoms with E-state index in [9.17, 15) is 4.79 Å². The number of carbonyl (C=O) groups excluding carboxylic acids is 1. The highest BCUT2D eigenvalue weighted by Crippen LogP contribution is 2.41. The molecule has 4 rings (SSSR count). The van der Waals surface area contributed by atoms with Crippen LogP contribution in [0.3, 0.4) is 0 Å². The number of pyridine rings is 1. The molecule has 0 spiro atoms. The van der Waals surface area contributed by atoms with Gasteiger partial charge in [-0.05, 0) is 47.8 Å². The van der Waals surface area contributed by atoms with Crippen LogP contribution in [0.5, 0.6) is 11.5 Å². The molecule has 2 heterocycles. The van der Waals surface area contributed by atoms with Gasteiger partial charge in [0.1, 0.15) is 5.52 Å². The molecular formula is C19H20BrN3O4. The molecule has 1 N–H and O–H groups in total. The van der Waals surface area contributed by atoms with E-state index >= 15 is 0 Å². The van der Waals surface area contributed by atoms with Crippen molar-refractivity contribution >= 4 is 38.5 Å². The molecule has 1 amide bonds. The number of fused-ring (bicyclic) bond motifs is 1. The summed E-state index contributed by atoms with van der Waals surface area (Å²) >= 11 is 3.45. The molecule has 142 valence electrons. The van der Waals surface area contributed by atoms with Crippen LogP contribution in [0.1, 0.15) is 31.7 Å². The number of aromatic nitrogens is 1. The third-order valence-electron chi connectivity index (χ3n) is 4.82. The monoisotopic (exact) mass is 433 g/mol. The number of amides is 1. The first-order valence-electron chi connectivity index (χ1n) is 8.72. The molecule has 1 aliphatic heterocycles. The van der Waals surface area contributed by atoms with Crippen molar-refractivity contribution in [1.29, 1.82) is 0 Å². The summed E-state index contributed by atoms with van der Waals surface area (Å²) in [5.74, 6) is 0.908. The van der Waals surface area contributed by atoms with Gasteiger partial charge in [-0.15, -0.1) is 0 Å². The van der Waals surface area contributed by atoms with E-state index in [1.807, 2.05) is 12.1 Å². The summed E-state index contributed by atoms with van der Waals surface area (Å²) in [5.41, 5.74) is 1.03. The third kappa shape index (κ3) is 3.22. The number of rotatable bonds is 5. The maximum atomic E-state index is 12.5. The third-order valence-corrected chi connectivity index (χ3v) is 5.26. The van der Waals surface area contributed by atoms with Crippen LogP contribution in [-0.2, 0) is 9.63 Å².